The van der Waals surface area contributed by atoms with Crippen molar-refractivity contribution in [1.29, 1.82) is 0 Å². The summed E-state index contributed by atoms with van der Waals surface area (Å²) in [4.78, 5) is 34.3. The second kappa shape index (κ2) is 17.2. The fourth-order valence-electron chi connectivity index (χ4n) is 4.49. The van der Waals surface area contributed by atoms with E-state index in [4.69, 9.17) is 0 Å². The Hall–Kier alpha value is -3.68. The average Bonchev–Trinajstić information content (AvgIpc) is 3.36. The van der Waals surface area contributed by atoms with Crippen LogP contribution in [0.4, 0.5) is 0 Å². The molecule has 0 aromatic carbocycles. The van der Waals surface area contributed by atoms with Crippen molar-refractivity contribution in [2.24, 2.45) is 0 Å². The van der Waals surface area contributed by atoms with E-state index in [1.807, 2.05) is 47.0 Å². The molecule has 0 spiro atoms. The number of aromatic nitrogens is 8. The van der Waals surface area contributed by atoms with E-state index in [2.05, 4.69) is 74.5 Å². The van der Waals surface area contributed by atoms with Crippen LogP contribution in [0.3, 0.4) is 0 Å². The molecule has 4 aromatic heterocycles. The van der Waals surface area contributed by atoms with Crippen LogP contribution in [-0.4, -0.2) is 39.9 Å². The first-order valence-electron chi connectivity index (χ1n) is 14.8. The minimum Gasteiger partial charge on any atom is -0.258 e. The number of hydrogen-bond donors (Lipinski definition) is 0. The summed E-state index contributed by atoms with van der Waals surface area (Å²) < 4.78 is 0. The molecule has 0 N–H and O–H groups in total. The average molecular weight is 557 g/mol. The molecule has 1 aliphatic carbocycles. The maximum absolute atomic E-state index is 4.40. The van der Waals surface area contributed by atoms with Gasteiger partial charge in [-0.05, 0) is 73.1 Å². The summed E-state index contributed by atoms with van der Waals surface area (Å²) in [6.07, 6.45) is 15.2. The molecule has 8 nitrogen and oxygen atoms in total. The molecule has 1 atom stereocenters. The van der Waals surface area contributed by atoms with Gasteiger partial charge in [-0.3, -0.25) is 39.9 Å². The first kappa shape index (κ1) is 33.5. The molecule has 0 bridgehead atoms. The van der Waals surface area contributed by atoms with E-state index < -0.39 is 0 Å². The quantitative estimate of drug-likeness (QED) is 0.272. The van der Waals surface area contributed by atoms with Crippen LogP contribution in [-0.2, 0) is 32.1 Å². The van der Waals surface area contributed by atoms with Crippen LogP contribution in [0, 0.1) is 34.6 Å². The molecule has 0 amide bonds. The van der Waals surface area contributed by atoms with E-state index in [-0.39, 0.29) is 0 Å². The van der Waals surface area contributed by atoms with Crippen molar-refractivity contribution < 1.29 is 0 Å². The molecule has 0 aliphatic heterocycles. The van der Waals surface area contributed by atoms with Crippen molar-refractivity contribution in [3.05, 3.63) is 93.6 Å². The van der Waals surface area contributed by atoms with Gasteiger partial charge in [-0.2, -0.15) is 0 Å². The lowest BCUT2D eigenvalue weighted by molar-refractivity contribution is 0.731. The fraction of sp³-hybridized carbons (Fsp3) is 0.515. The zero-order valence-electron chi connectivity index (χ0n) is 26.8. The molecule has 4 aromatic rings. The third-order valence-electron chi connectivity index (χ3n) is 6.82. The Morgan fingerprint density at radius 1 is 0.561 bits per heavy atom. The van der Waals surface area contributed by atoms with E-state index in [1.54, 1.807) is 18.6 Å². The lowest BCUT2D eigenvalue weighted by Gasteiger charge is -2.03. The maximum Gasteiger partial charge on any atom is 0.0646 e. The molecule has 8 heteroatoms. The SMILES string of the molecule is CC1CCc2nccnc21.CCc1nc(C)cnc1C.CCc1ncc(C)nc1C.CCc1ncc(C)nc1CC. The standard InChI is InChI=1S/C9H14N2.C8H10N2.2C8H12N2/c1-4-8-9(5-2)11-7(3)6-10-8;1-6-2-3-7-8(6)10-5-4-9-7;1-4-8-7(3)10-6(2)5-9-8;1-4-8-7(3)9-5-6(2)10-8/h6H,4-5H2,1-3H3;4-6H,2-3H2,1H3;2*5H,4H2,1-3H3. The van der Waals surface area contributed by atoms with Gasteiger partial charge in [0.1, 0.15) is 0 Å². The summed E-state index contributed by atoms with van der Waals surface area (Å²) in [6.45, 7) is 20.5. The Kier molecular flexibility index (Phi) is 14.1. The highest BCUT2D eigenvalue weighted by molar-refractivity contribution is 5.20. The number of nitrogens with zero attached hydrogens (tertiary/aromatic N) is 8. The predicted molar refractivity (Wildman–Crippen MR) is 166 cm³/mol. The highest BCUT2D eigenvalue weighted by Gasteiger charge is 2.19. The Bertz CT molecular complexity index is 1370. The summed E-state index contributed by atoms with van der Waals surface area (Å²) >= 11 is 0. The minimum absolute atomic E-state index is 0.628. The molecule has 0 saturated carbocycles. The van der Waals surface area contributed by atoms with E-state index in [0.717, 1.165) is 83.3 Å². The van der Waals surface area contributed by atoms with Gasteiger partial charge in [-0.1, -0.05) is 34.6 Å². The van der Waals surface area contributed by atoms with Gasteiger partial charge in [0, 0.05) is 36.9 Å². The molecule has 41 heavy (non-hydrogen) atoms. The van der Waals surface area contributed by atoms with Gasteiger partial charge >= 0.3 is 0 Å². The second-order valence-electron chi connectivity index (χ2n) is 10.2. The monoisotopic (exact) mass is 556 g/mol. The topological polar surface area (TPSA) is 103 Å². The number of fused-ring (bicyclic) bond motifs is 1. The molecule has 1 aliphatic rings. The Balaban J connectivity index is 0.000000191. The van der Waals surface area contributed by atoms with E-state index >= 15 is 0 Å². The number of rotatable bonds is 4. The van der Waals surface area contributed by atoms with E-state index in [0.29, 0.717) is 5.92 Å². The summed E-state index contributed by atoms with van der Waals surface area (Å²) in [5, 5.41) is 0. The number of hydrogen-bond acceptors (Lipinski definition) is 8. The van der Waals surface area contributed by atoms with Crippen LogP contribution in [0.1, 0.15) is 110 Å². The normalized spacial score (nSPS) is 13.1. The summed E-state index contributed by atoms with van der Waals surface area (Å²) in [7, 11) is 0. The van der Waals surface area contributed by atoms with Crippen LogP contribution in [0.2, 0.25) is 0 Å². The molecule has 4 heterocycles. The smallest absolute Gasteiger partial charge is 0.0646 e. The van der Waals surface area contributed by atoms with Crippen molar-refractivity contribution in [2.75, 3.05) is 0 Å². The maximum atomic E-state index is 4.40. The zero-order chi connectivity index (χ0) is 30.4. The van der Waals surface area contributed by atoms with Gasteiger partial charge in [-0.15, -0.1) is 0 Å². The molecular formula is C33H48N8. The minimum atomic E-state index is 0.628. The Morgan fingerprint density at radius 2 is 1.07 bits per heavy atom. The van der Waals surface area contributed by atoms with Gasteiger partial charge < -0.3 is 0 Å². The van der Waals surface area contributed by atoms with Gasteiger partial charge in [0.2, 0.25) is 0 Å². The van der Waals surface area contributed by atoms with Crippen LogP contribution < -0.4 is 0 Å². The summed E-state index contributed by atoms with van der Waals surface area (Å²) in [5.74, 6) is 0.628. The predicted octanol–water partition coefficient (Wildman–Crippen LogP) is 6.75. The highest BCUT2D eigenvalue weighted by atomic mass is 14.8. The molecule has 0 saturated heterocycles. The van der Waals surface area contributed by atoms with Gasteiger partial charge in [-0.25, -0.2) is 0 Å². The zero-order valence-corrected chi connectivity index (χ0v) is 26.8. The van der Waals surface area contributed by atoms with Crippen molar-refractivity contribution in [3.8, 4) is 0 Å². The van der Waals surface area contributed by atoms with E-state index in [1.165, 1.54) is 17.8 Å². The van der Waals surface area contributed by atoms with E-state index in [9.17, 15) is 0 Å². The number of aryl methyl sites for hydroxylation is 10. The summed E-state index contributed by atoms with van der Waals surface area (Å²) in [5.41, 5.74) is 12.0. The van der Waals surface area contributed by atoms with Crippen LogP contribution in [0.5, 0.6) is 0 Å². The van der Waals surface area contributed by atoms with Crippen molar-refractivity contribution in [2.45, 2.75) is 114 Å². The van der Waals surface area contributed by atoms with Crippen molar-refractivity contribution in [3.63, 3.8) is 0 Å². The van der Waals surface area contributed by atoms with Gasteiger partial charge in [0.25, 0.3) is 0 Å². The first-order chi connectivity index (χ1) is 19.6. The molecule has 220 valence electrons. The third kappa shape index (κ3) is 10.7. The van der Waals surface area contributed by atoms with Gasteiger partial charge in [0.05, 0.1) is 62.6 Å². The lowest BCUT2D eigenvalue weighted by atomic mass is 10.1. The van der Waals surface area contributed by atoms with Gasteiger partial charge in [0.15, 0.2) is 0 Å². The van der Waals surface area contributed by atoms with Crippen LogP contribution >= 0.6 is 0 Å². The largest absolute Gasteiger partial charge is 0.258 e. The molecule has 0 fully saturated rings. The molecule has 1 unspecified atom stereocenters. The Morgan fingerprint density at radius 3 is 1.61 bits per heavy atom. The fourth-order valence-corrected chi connectivity index (χ4v) is 4.49. The molecular weight excluding hydrogens is 508 g/mol. The first-order valence-corrected chi connectivity index (χ1v) is 14.8. The molecule has 5 rings (SSSR count). The highest BCUT2D eigenvalue weighted by Crippen LogP contribution is 2.28. The van der Waals surface area contributed by atoms with Crippen LogP contribution in [0.25, 0.3) is 0 Å². The van der Waals surface area contributed by atoms with Crippen molar-refractivity contribution in [1.82, 2.24) is 39.9 Å². The Labute approximate surface area is 247 Å². The van der Waals surface area contributed by atoms with Crippen molar-refractivity contribution >= 4 is 0 Å². The molecule has 0 radical (unpaired) electrons. The summed E-state index contributed by atoms with van der Waals surface area (Å²) in [6, 6.07) is 0. The lowest BCUT2D eigenvalue weighted by Crippen LogP contribution is -2.00. The second-order valence-corrected chi connectivity index (χ2v) is 10.2. The third-order valence-corrected chi connectivity index (χ3v) is 6.82. The van der Waals surface area contributed by atoms with Crippen LogP contribution in [0.15, 0.2) is 31.0 Å².